The van der Waals surface area contributed by atoms with Gasteiger partial charge in [0.15, 0.2) is 0 Å². The van der Waals surface area contributed by atoms with Crippen LogP contribution in [0.25, 0.3) is 11.1 Å². The fourth-order valence-electron chi connectivity index (χ4n) is 2.44. The van der Waals surface area contributed by atoms with E-state index in [1.165, 1.54) is 11.8 Å². The lowest BCUT2D eigenvalue weighted by atomic mass is 9.97. The molecule has 3 aromatic rings. The summed E-state index contributed by atoms with van der Waals surface area (Å²) < 4.78 is 0. The van der Waals surface area contributed by atoms with Crippen molar-refractivity contribution >= 4 is 23.3 Å². The van der Waals surface area contributed by atoms with Gasteiger partial charge in [0.25, 0.3) is 0 Å². The lowest BCUT2D eigenvalue weighted by Gasteiger charge is -2.13. The number of nitrogens with zero attached hydrogens (tertiary/aromatic N) is 3. The lowest BCUT2D eigenvalue weighted by molar-refractivity contribution is 1.11. The molecule has 0 saturated carbocycles. The summed E-state index contributed by atoms with van der Waals surface area (Å²) in [6, 6.07) is 20.8. The number of nitriles is 2. The van der Waals surface area contributed by atoms with Crippen molar-refractivity contribution in [2.45, 2.75) is 9.92 Å². The third-order valence-corrected chi connectivity index (χ3v) is 4.68. The highest BCUT2D eigenvalue weighted by Gasteiger charge is 2.21. The van der Waals surface area contributed by atoms with E-state index in [1.807, 2.05) is 48.5 Å². The van der Waals surface area contributed by atoms with Crippen LogP contribution in [0.5, 0.6) is 0 Å². The highest BCUT2D eigenvalue weighted by atomic mass is 32.2. The van der Waals surface area contributed by atoms with E-state index in [9.17, 15) is 10.5 Å². The average molecular weight is 343 g/mol. The molecule has 0 atom stereocenters. The molecule has 0 unspecified atom stereocenters. The Morgan fingerprint density at radius 3 is 2.12 bits per heavy atom. The topological polar surface area (TPSA) is 113 Å². The molecule has 0 aliphatic carbocycles. The largest absolute Gasteiger partial charge is 0.398 e. The summed E-state index contributed by atoms with van der Waals surface area (Å²) >= 11 is 1.26. The van der Waals surface area contributed by atoms with Crippen molar-refractivity contribution in [2.24, 2.45) is 0 Å². The van der Waals surface area contributed by atoms with Crippen LogP contribution in [0.4, 0.5) is 11.5 Å². The van der Waals surface area contributed by atoms with Gasteiger partial charge in [-0.25, -0.2) is 4.98 Å². The standard InChI is InChI=1S/C19H13N5S/c20-10-13-17(12-6-2-1-3-7-12)14(11-21)19(24-18(13)23)25-16-9-5-4-8-15(16)22/h1-9H,22H2,(H2,23,24). The Labute approximate surface area is 149 Å². The van der Waals surface area contributed by atoms with E-state index in [0.29, 0.717) is 21.8 Å². The van der Waals surface area contributed by atoms with Crippen LogP contribution in [-0.4, -0.2) is 4.98 Å². The van der Waals surface area contributed by atoms with Crippen LogP contribution in [0.2, 0.25) is 0 Å². The molecule has 4 N–H and O–H groups in total. The second kappa shape index (κ2) is 6.96. The fraction of sp³-hybridized carbons (Fsp3) is 0. The van der Waals surface area contributed by atoms with Gasteiger partial charge in [-0.05, 0) is 17.7 Å². The molecule has 0 aliphatic rings. The summed E-state index contributed by atoms with van der Waals surface area (Å²) in [4.78, 5) is 5.05. The van der Waals surface area contributed by atoms with Gasteiger partial charge in [-0.15, -0.1) is 0 Å². The van der Waals surface area contributed by atoms with Crippen molar-refractivity contribution in [1.29, 1.82) is 10.5 Å². The number of para-hydroxylation sites is 1. The first-order chi connectivity index (χ1) is 12.2. The molecule has 0 saturated heterocycles. The summed E-state index contributed by atoms with van der Waals surface area (Å²) in [5.41, 5.74) is 14.3. The van der Waals surface area contributed by atoms with E-state index < -0.39 is 0 Å². The number of anilines is 2. The van der Waals surface area contributed by atoms with Gasteiger partial charge in [-0.1, -0.05) is 54.2 Å². The maximum Gasteiger partial charge on any atom is 0.143 e. The minimum atomic E-state index is 0.0948. The summed E-state index contributed by atoms with van der Waals surface area (Å²) in [5.74, 6) is 0.0948. The number of benzene rings is 2. The number of rotatable bonds is 3. The number of aromatic nitrogens is 1. The summed E-state index contributed by atoms with van der Waals surface area (Å²) in [5, 5.41) is 19.7. The Balaban J connectivity index is 2.25. The Morgan fingerprint density at radius 2 is 1.48 bits per heavy atom. The Hall–Kier alpha value is -3.48. The average Bonchev–Trinajstić information content (AvgIpc) is 2.64. The molecular formula is C19H13N5S. The monoisotopic (exact) mass is 343 g/mol. The van der Waals surface area contributed by atoms with Crippen LogP contribution < -0.4 is 11.5 Å². The minimum Gasteiger partial charge on any atom is -0.398 e. The molecule has 5 nitrogen and oxygen atoms in total. The maximum absolute atomic E-state index is 9.73. The van der Waals surface area contributed by atoms with E-state index >= 15 is 0 Å². The molecule has 6 heteroatoms. The van der Waals surface area contributed by atoms with E-state index in [0.717, 1.165) is 10.5 Å². The zero-order valence-corrected chi connectivity index (χ0v) is 13.9. The maximum atomic E-state index is 9.73. The van der Waals surface area contributed by atoms with Crippen molar-refractivity contribution in [3.63, 3.8) is 0 Å². The number of pyridine rings is 1. The number of hydrogen-bond donors (Lipinski definition) is 2. The van der Waals surface area contributed by atoms with E-state index in [-0.39, 0.29) is 11.4 Å². The van der Waals surface area contributed by atoms with Crippen LogP contribution in [-0.2, 0) is 0 Å². The fourth-order valence-corrected chi connectivity index (χ4v) is 3.38. The summed E-state index contributed by atoms with van der Waals surface area (Å²) in [6.45, 7) is 0. The Kier molecular flexibility index (Phi) is 4.56. The van der Waals surface area contributed by atoms with Gasteiger partial charge >= 0.3 is 0 Å². The van der Waals surface area contributed by atoms with Crippen LogP contribution in [0.1, 0.15) is 11.1 Å². The van der Waals surface area contributed by atoms with Crippen molar-refractivity contribution in [3.8, 4) is 23.3 Å². The molecule has 0 spiro atoms. The zero-order valence-electron chi connectivity index (χ0n) is 13.1. The van der Waals surface area contributed by atoms with Crippen LogP contribution >= 0.6 is 11.8 Å². The van der Waals surface area contributed by atoms with Gasteiger partial charge in [0.1, 0.15) is 28.5 Å². The SMILES string of the molecule is N#Cc1c(N)nc(Sc2ccccc2N)c(C#N)c1-c1ccccc1. The normalized spacial score (nSPS) is 10.0. The quantitative estimate of drug-likeness (QED) is 0.699. The molecular weight excluding hydrogens is 330 g/mol. The first kappa shape index (κ1) is 16.4. The summed E-state index contributed by atoms with van der Waals surface area (Å²) in [7, 11) is 0. The first-order valence-corrected chi connectivity index (χ1v) is 8.18. The van der Waals surface area contributed by atoms with Crippen molar-refractivity contribution in [3.05, 3.63) is 65.7 Å². The second-order valence-electron chi connectivity index (χ2n) is 5.16. The van der Waals surface area contributed by atoms with Crippen LogP contribution in [0.3, 0.4) is 0 Å². The Morgan fingerprint density at radius 1 is 0.840 bits per heavy atom. The first-order valence-electron chi connectivity index (χ1n) is 7.37. The van der Waals surface area contributed by atoms with Gasteiger partial charge in [0, 0.05) is 16.1 Å². The molecule has 0 aliphatic heterocycles. The van der Waals surface area contributed by atoms with Gasteiger partial charge in [-0.2, -0.15) is 10.5 Å². The molecule has 25 heavy (non-hydrogen) atoms. The summed E-state index contributed by atoms with van der Waals surface area (Å²) in [6.07, 6.45) is 0. The predicted octanol–water partition coefficient (Wildman–Crippen LogP) is 3.81. The van der Waals surface area contributed by atoms with Crippen molar-refractivity contribution in [1.82, 2.24) is 4.98 Å². The molecule has 120 valence electrons. The van der Waals surface area contributed by atoms with Crippen molar-refractivity contribution in [2.75, 3.05) is 11.5 Å². The second-order valence-corrected chi connectivity index (χ2v) is 6.19. The number of nitrogens with two attached hydrogens (primary N) is 2. The van der Waals surface area contributed by atoms with Crippen LogP contribution in [0, 0.1) is 22.7 Å². The van der Waals surface area contributed by atoms with E-state index in [4.69, 9.17) is 11.5 Å². The molecule has 0 bridgehead atoms. The number of hydrogen-bond acceptors (Lipinski definition) is 6. The van der Waals surface area contributed by atoms with Crippen LogP contribution in [0.15, 0.2) is 64.5 Å². The van der Waals surface area contributed by atoms with Gasteiger partial charge < -0.3 is 11.5 Å². The molecule has 1 heterocycles. The third-order valence-electron chi connectivity index (χ3n) is 3.60. The highest BCUT2D eigenvalue weighted by Crippen LogP contribution is 2.39. The smallest absolute Gasteiger partial charge is 0.143 e. The zero-order chi connectivity index (χ0) is 17.8. The molecule has 0 fully saturated rings. The highest BCUT2D eigenvalue weighted by molar-refractivity contribution is 7.99. The third kappa shape index (κ3) is 3.12. The van der Waals surface area contributed by atoms with Gasteiger partial charge in [-0.3, -0.25) is 0 Å². The molecule has 0 amide bonds. The molecule has 1 aromatic heterocycles. The molecule has 2 aromatic carbocycles. The predicted molar refractivity (Wildman–Crippen MR) is 98.5 cm³/mol. The van der Waals surface area contributed by atoms with E-state index in [1.54, 1.807) is 6.07 Å². The Bertz CT molecular complexity index is 1020. The van der Waals surface area contributed by atoms with E-state index in [2.05, 4.69) is 17.1 Å². The number of nitrogen functional groups attached to an aromatic ring is 2. The van der Waals surface area contributed by atoms with Crippen molar-refractivity contribution < 1.29 is 0 Å². The lowest BCUT2D eigenvalue weighted by Crippen LogP contribution is -2.03. The minimum absolute atomic E-state index is 0.0948. The molecule has 0 radical (unpaired) electrons. The molecule has 3 rings (SSSR count). The van der Waals surface area contributed by atoms with Gasteiger partial charge in [0.2, 0.25) is 0 Å². The van der Waals surface area contributed by atoms with Gasteiger partial charge in [0.05, 0.1) is 5.56 Å².